The molecule has 0 aliphatic rings. The molecule has 1 aromatic carbocycles. The highest BCUT2D eigenvalue weighted by molar-refractivity contribution is 7.09. The summed E-state index contributed by atoms with van der Waals surface area (Å²) < 4.78 is 0. The lowest BCUT2D eigenvalue weighted by atomic mass is 10.2. The molecule has 6 nitrogen and oxygen atoms in total. The van der Waals surface area contributed by atoms with E-state index in [1.54, 1.807) is 22.9 Å². The van der Waals surface area contributed by atoms with Crippen molar-refractivity contribution in [1.82, 2.24) is 15.0 Å². The van der Waals surface area contributed by atoms with Gasteiger partial charge in [-0.05, 0) is 0 Å². The zero-order valence-electron chi connectivity index (χ0n) is 11.2. The lowest BCUT2D eigenvalue weighted by Crippen LogP contribution is -2.11. The first-order chi connectivity index (χ1) is 10.3. The number of hydrogen-bond acceptors (Lipinski definition) is 7. The molecule has 0 spiro atoms. The van der Waals surface area contributed by atoms with Gasteiger partial charge in [0.05, 0.1) is 12.1 Å². The summed E-state index contributed by atoms with van der Waals surface area (Å²) in [5, 5.41) is 3.26. The van der Waals surface area contributed by atoms with Crippen molar-refractivity contribution in [2.75, 3.05) is 10.7 Å². The highest BCUT2D eigenvalue weighted by Gasteiger charge is 2.06. The molecule has 0 atom stereocenters. The number of nitrogen functional groups attached to an aromatic ring is 1. The Bertz CT molecular complexity index is 699. The van der Waals surface area contributed by atoms with Gasteiger partial charge in [0.15, 0.2) is 5.82 Å². The van der Waals surface area contributed by atoms with Gasteiger partial charge in [-0.1, -0.05) is 30.3 Å². The van der Waals surface area contributed by atoms with Gasteiger partial charge in [-0.3, -0.25) is 4.98 Å². The van der Waals surface area contributed by atoms with Crippen molar-refractivity contribution in [1.29, 1.82) is 0 Å². The minimum absolute atomic E-state index is 0.565. The number of thiazole rings is 1. The molecular weight excluding hydrogens is 284 g/mol. The monoisotopic (exact) mass is 298 g/mol. The molecule has 0 amide bonds. The molecule has 21 heavy (non-hydrogen) atoms. The Labute approximate surface area is 126 Å². The molecule has 0 radical (unpaired) electrons. The lowest BCUT2D eigenvalue weighted by Gasteiger charge is -2.09. The van der Waals surface area contributed by atoms with E-state index in [0.29, 0.717) is 24.0 Å². The second-order valence-electron chi connectivity index (χ2n) is 4.29. The molecule has 3 rings (SSSR count). The first-order valence-electron chi connectivity index (χ1n) is 6.37. The average Bonchev–Trinajstić information content (AvgIpc) is 3.07. The van der Waals surface area contributed by atoms with Crippen LogP contribution in [-0.2, 0) is 6.54 Å². The Balaban J connectivity index is 1.86. The van der Waals surface area contributed by atoms with Crippen LogP contribution >= 0.6 is 11.3 Å². The van der Waals surface area contributed by atoms with Crippen LogP contribution in [0, 0.1) is 0 Å². The number of rotatable bonds is 5. The summed E-state index contributed by atoms with van der Waals surface area (Å²) in [5.41, 5.74) is 5.31. The summed E-state index contributed by atoms with van der Waals surface area (Å²) >= 11 is 1.60. The predicted octanol–water partition coefficient (Wildman–Crippen LogP) is 2.50. The van der Waals surface area contributed by atoms with Crippen LogP contribution in [0.15, 0.2) is 48.1 Å². The Kier molecular flexibility index (Phi) is 4.04. The van der Waals surface area contributed by atoms with E-state index in [2.05, 4.69) is 25.7 Å². The average molecular weight is 298 g/mol. The lowest BCUT2D eigenvalue weighted by molar-refractivity contribution is 1.09. The van der Waals surface area contributed by atoms with Gasteiger partial charge in [-0.25, -0.2) is 15.8 Å². The third kappa shape index (κ3) is 3.33. The Morgan fingerprint density at radius 3 is 2.62 bits per heavy atom. The molecule has 0 bridgehead atoms. The maximum atomic E-state index is 5.48. The summed E-state index contributed by atoms with van der Waals surface area (Å²) in [5.74, 6) is 7.38. The van der Waals surface area contributed by atoms with Gasteiger partial charge in [-0.2, -0.15) is 0 Å². The first kappa shape index (κ1) is 13.5. The molecule has 7 heteroatoms. The number of benzene rings is 1. The maximum Gasteiger partial charge on any atom is 0.163 e. The summed E-state index contributed by atoms with van der Waals surface area (Å²) in [4.78, 5) is 14.1. The van der Waals surface area contributed by atoms with Crippen LogP contribution in [0.5, 0.6) is 0 Å². The van der Waals surface area contributed by atoms with Crippen molar-refractivity contribution < 1.29 is 0 Å². The number of aromatic nitrogens is 3. The zero-order valence-corrected chi connectivity index (χ0v) is 12.0. The topological polar surface area (TPSA) is 88.8 Å². The minimum atomic E-state index is 0.565. The largest absolute Gasteiger partial charge is 0.365 e. The van der Waals surface area contributed by atoms with E-state index in [4.69, 9.17) is 5.84 Å². The molecule has 2 aromatic heterocycles. The van der Waals surface area contributed by atoms with Gasteiger partial charge in [0, 0.05) is 22.7 Å². The van der Waals surface area contributed by atoms with Crippen LogP contribution in [0.2, 0.25) is 0 Å². The third-order valence-electron chi connectivity index (χ3n) is 2.83. The third-order valence-corrected chi connectivity index (χ3v) is 3.61. The maximum absolute atomic E-state index is 5.48. The summed E-state index contributed by atoms with van der Waals surface area (Å²) in [6.45, 7) is 0.667. The fraction of sp³-hybridized carbons (Fsp3) is 0.0714. The minimum Gasteiger partial charge on any atom is -0.365 e. The smallest absolute Gasteiger partial charge is 0.163 e. The number of nitrogens with zero attached hydrogens (tertiary/aromatic N) is 3. The molecule has 0 aliphatic carbocycles. The standard InChI is InChI=1S/C14H14N6S/c15-20-13-6-12(17-8-11-7-16-9-21-11)18-14(19-13)10-4-2-1-3-5-10/h1-7,9H,8,15H2,(H2,17,18,19,20). The second kappa shape index (κ2) is 6.29. The van der Waals surface area contributed by atoms with E-state index in [-0.39, 0.29) is 0 Å². The second-order valence-corrected chi connectivity index (χ2v) is 5.26. The van der Waals surface area contributed by atoms with Gasteiger partial charge >= 0.3 is 0 Å². The fourth-order valence-corrected chi connectivity index (χ4v) is 2.37. The molecule has 2 heterocycles. The van der Waals surface area contributed by atoms with E-state index >= 15 is 0 Å². The number of hydrazine groups is 1. The molecule has 3 aromatic rings. The van der Waals surface area contributed by atoms with E-state index in [0.717, 1.165) is 10.4 Å². The molecular formula is C14H14N6S. The van der Waals surface area contributed by atoms with Gasteiger partial charge in [-0.15, -0.1) is 11.3 Å². The van der Waals surface area contributed by atoms with Gasteiger partial charge in [0.1, 0.15) is 11.6 Å². The van der Waals surface area contributed by atoms with E-state index < -0.39 is 0 Å². The zero-order chi connectivity index (χ0) is 14.5. The van der Waals surface area contributed by atoms with Crippen LogP contribution < -0.4 is 16.6 Å². The molecule has 4 N–H and O–H groups in total. The fourth-order valence-electron chi connectivity index (χ4n) is 1.84. The van der Waals surface area contributed by atoms with Crippen molar-refractivity contribution in [3.8, 4) is 11.4 Å². The van der Waals surface area contributed by atoms with Gasteiger partial charge in [0.25, 0.3) is 0 Å². The first-order valence-corrected chi connectivity index (χ1v) is 7.25. The Morgan fingerprint density at radius 1 is 1.10 bits per heavy atom. The van der Waals surface area contributed by atoms with Crippen LogP contribution in [0.1, 0.15) is 4.88 Å². The van der Waals surface area contributed by atoms with Gasteiger partial charge in [0.2, 0.25) is 0 Å². The van der Waals surface area contributed by atoms with Crippen molar-refractivity contribution in [2.24, 2.45) is 5.84 Å². The van der Waals surface area contributed by atoms with Crippen molar-refractivity contribution in [3.63, 3.8) is 0 Å². The summed E-state index contributed by atoms with van der Waals surface area (Å²) in [6.07, 6.45) is 1.83. The number of nitrogens with one attached hydrogen (secondary N) is 2. The van der Waals surface area contributed by atoms with Crippen LogP contribution in [0.4, 0.5) is 11.6 Å². The molecule has 0 unspecified atom stereocenters. The number of nitrogens with two attached hydrogens (primary N) is 1. The number of hydrogen-bond donors (Lipinski definition) is 3. The van der Waals surface area contributed by atoms with Crippen LogP contribution in [-0.4, -0.2) is 15.0 Å². The SMILES string of the molecule is NNc1cc(NCc2cncs2)nc(-c2ccccc2)n1. The number of anilines is 2. The van der Waals surface area contributed by atoms with Crippen LogP contribution in [0.25, 0.3) is 11.4 Å². The van der Waals surface area contributed by atoms with Crippen molar-refractivity contribution in [3.05, 3.63) is 53.0 Å². The Morgan fingerprint density at radius 2 is 1.90 bits per heavy atom. The van der Waals surface area contributed by atoms with Crippen molar-refractivity contribution in [2.45, 2.75) is 6.54 Å². The summed E-state index contributed by atoms with van der Waals surface area (Å²) in [6, 6.07) is 11.5. The van der Waals surface area contributed by atoms with E-state index in [9.17, 15) is 0 Å². The molecule has 0 saturated carbocycles. The highest BCUT2D eigenvalue weighted by atomic mass is 32.1. The molecule has 0 saturated heterocycles. The van der Waals surface area contributed by atoms with E-state index in [1.807, 2.05) is 36.5 Å². The van der Waals surface area contributed by atoms with Crippen LogP contribution in [0.3, 0.4) is 0 Å². The molecule has 0 fully saturated rings. The predicted molar refractivity (Wildman–Crippen MR) is 84.7 cm³/mol. The highest BCUT2D eigenvalue weighted by Crippen LogP contribution is 2.20. The molecule has 0 aliphatic heterocycles. The Hall–Kier alpha value is -2.51. The van der Waals surface area contributed by atoms with Gasteiger partial charge < -0.3 is 10.7 Å². The quantitative estimate of drug-likeness (QED) is 0.495. The normalized spacial score (nSPS) is 10.3. The molecule has 106 valence electrons. The van der Waals surface area contributed by atoms with E-state index in [1.165, 1.54) is 0 Å². The van der Waals surface area contributed by atoms with Crippen molar-refractivity contribution >= 4 is 23.0 Å². The summed E-state index contributed by atoms with van der Waals surface area (Å²) in [7, 11) is 0.